The predicted octanol–water partition coefficient (Wildman–Crippen LogP) is 15.3. The standard InChI is InChI=1S/C51H86O5/c1-4-7-10-13-16-18-20-22-24-25-26-27-29-30-32-34-36-38-41-44-50(52)55-48-49(47-54-46-43-40-15-12-9-6-3)56-51(53)45-42-39-37-35-33-31-28-23-21-19-17-14-11-8-5-2/h7,10,16,18,22-24,26-28,30,32,36,38,49H,4-6,8-9,11-15,17,19-21,25,29,31,33-35,37,39-48H2,1-3H3/b10-7-,18-16-,24-22-,27-26-,28-23-,32-30-,38-36-. The molecule has 320 valence electrons. The smallest absolute Gasteiger partial charge is 0.306 e. The van der Waals surface area contributed by atoms with Gasteiger partial charge in [-0.3, -0.25) is 9.59 Å². The second-order valence-electron chi connectivity index (χ2n) is 14.9. The molecule has 0 N–H and O–H groups in total. The van der Waals surface area contributed by atoms with Crippen LogP contribution >= 0.6 is 0 Å². The maximum absolute atomic E-state index is 12.7. The van der Waals surface area contributed by atoms with Crippen molar-refractivity contribution in [2.45, 2.75) is 207 Å². The Bertz CT molecular complexity index is 1060. The van der Waals surface area contributed by atoms with Crippen molar-refractivity contribution in [1.29, 1.82) is 0 Å². The summed E-state index contributed by atoms with van der Waals surface area (Å²) >= 11 is 0. The molecule has 0 saturated carbocycles. The van der Waals surface area contributed by atoms with Gasteiger partial charge in [0.2, 0.25) is 0 Å². The van der Waals surface area contributed by atoms with E-state index in [9.17, 15) is 9.59 Å². The molecule has 5 heteroatoms. The van der Waals surface area contributed by atoms with E-state index in [4.69, 9.17) is 14.2 Å². The number of hydrogen-bond donors (Lipinski definition) is 0. The summed E-state index contributed by atoms with van der Waals surface area (Å²) in [5.74, 6) is -0.511. The monoisotopic (exact) mass is 779 g/mol. The summed E-state index contributed by atoms with van der Waals surface area (Å²) in [5, 5.41) is 0. The van der Waals surface area contributed by atoms with Crippen molar-refractivity contribution in [2.75, 3.05) is 19.8 Å². The Morgan fingerprint density at radius 1 is 0.411 bits per heavy atom. The van der Waals surface area contributed by atoms with Gasteiger partial charge in [0, 0.05) is 19.4 Å². The van der Waals surface area contributed by atoms with Crippen LogP contribution in [-0.4, -0.2) is 37.9 Å². The number of hydrogen-bond acceptors (Lipinski definition) is 5. The van der Waals surface area contributed by atoms with Gasteiger partial charge in [-0.15, -0.1) is 0 Å². The van der Waals surface area contributed by atoms with Crippen molar-refractivity contribution < 1.29 is 23.8 Å². The van der Waals surface area contributed by atoms with Crippen LogP contribution in [0.5, 0.6) is 0 Å². The van der Waals surface area contributed by atoms with E-state index in [-0.39, 0.29) is 25.2 Å². The van der Waals surface area contributed by atoms with E-state index in [1.165, 1.54) is 83.5 Å². The highest BCUT2D eigenvalue weighted by atomic mass is 16.6. The topological polar surface area (TPSA) is 61.8 Å². The Balaban J connectivity index is 4.26. The fraction of sp³-hybridized carbons (Fsp3) is 0.686. The quantitative estimate of drug-likeness (QED) is 0.0351. The van der Waals surface area contributed by atoms with Gasteiger partial charge in [-0.05, 0) is 83.5 Å². The second kappa shape index (κ2) is 46.5. The number of carbonyl (C=O) groups excluding carboxylic acids is 2. The van der Waals surface area contributed by atoms with Crippen molar-refractivity contribution in [1.82, 2.24) is 0 Å². The lowest BCUT2D eigenvalue weighted by molar-refractivity contribution is -0.162. The number of rotatable bonds is 41. The van der Waals surface area contributed by atoms with E-state index in [2.05, 4.69) is 99.8 Å². The number of unbranched alkanes of at least 4 members (excludes halogenated alkanes) is 16. The Kier molecular flexibility index (Phi) is 44.0. The van der Waals surface area contributed by atoms with Crippen molar-refractivity contribution in [3.63, 3.8) is 0 Å². The third-order valence-electron chi connectivity index (χ3n) is 9.43. The summed E-state index contributed by atoms with van der Waals surface area (Å²) in [7, 11) is 0. The number of carbonyl (C=O) groups is 2. The van der Waals surface area contributed by atoms with Crippen LogP contribution in [0.4, 0.5) is 0 Å². The van der Waals surface area contributed by atoms with Gasteiger partial charge >= 0.3 is 11.9 Å². The fourth-order valence-electron chi connectivity index (χ4n) is 6.00. The van der Waals surface area contributed by atoms with E-state index in [1.54, 1.807) is 0 Å². The van der Waals surface area contributed by atoms with Crippen LogP contribution < -0.4 is 0 Å². The molecule has 0 fully saturated rings. The molecule has 0 rings (SSSR count). The van der Waals surface area contributed by atoms with E-state index in [0.717, 1.165) is 77.0 Å². The maximum atomic E-state index is 12.7. The molecule has 1 atom stereocenters. The molecule has 0 aliphatic rings. The van der Waals surface area contributed by atoms with Gasteiger partial charge in [0.05, 0.1) is 6.61 Å². The minimum atomic E-state index is -0.569. The van der Waals surface area contributed by atoms with Gasteiger partial charge in [-0.2, -0.15) is 0 Å². The van der Waals surface area contributed by atoms with Crippen LogP contribution in [0.25, 0.3) is 0 Å². The van der Waals surface area contributed by atoms with Crippen LogP contribution in [-0.2, 0) is 23.8 Å². The molecule has 1 unspecified atom stereocenters. The normalized spacial score (nSPS) is 13.0. The minimum absolute atomic E-state index is 0.0389. The predicted molar refractivity (Wildman–Crippen MR) is 242 cm³/mol. The first-order valence-electron chi connectivity index (χ1n) is 23.1. The summed E-state index contributed by atoms with van der Waals surface area (Å²) in [4.78, 5) is 25.1. The summed E-state index contributed by atoms with van der Waals surface area (Å²) in [6, 6.07) is 0. The molecule has 0 radical (unpaired) electrons. The molecule has 0 bridgehead atoms. The molecule has 0 aromatic carbocycles. The van der Waals surface area contributed by atoms with Crippen LogP contribution in [0.2, 0.25) is 0 Å². The Hall–Kier alpha value is -2.92. The van der Waals surface area contributed by atoms with Crippen LogP contribution in [0.3, 0.4) is 0 Å². The van der Waals surface area contributed by atoms with Crippen molar-refractivity contribution >= 4 is 11.9 Å². The molecule has 0 spiro atoms. The third kappa shape index (κ3) is 43.8. The molecule has 0 heterocycles. The average Bonchev–Trinajstić information content (AvgIpc) is 3.20. The molecule has 5 nitrogen and oxygen atoms in total. The van der Waals surface area contributed by atoms with E-state index >= 15 is 0 Å². The van der Waals surface area contributed by atoms with Gasteiger partial charge in [0.1, 0.15) is 6.61 Å². The van der Waals surface area contributed by atoms with Crippen LogP contribution in [0.15, 0.2) is 85.1 Å². The van der Waals surface area contributed by atoms with Gasteiger partial charge in [-0.1, -0.05) is 189 Å². The summed E-state index contributed by atoms with van der Waals surface area (Å²) in [5.41, 5.74) is 0. The van der Waals surface area contributed by atoms with Crippen molar-refractivity contribution in [3.8, 4) is 0 Å². The number of allylic oxidation sites excluding steroid dienone is 14. The fourth-order valence-corrected chi connectivity index (χ4v) is 6.00. The molecule has 0 aliphatic carbocycles. The van der Waals surface area contributed by atoms with E-state index in [1.807, 2.05) is 6.08 Å². The van der Waals surface area contributed by atoms with E-state index < -0.39 is 6.10 Å². The molecule has 0 aliphatic heterocycles. The lowest BCUT2D eigenvalue weighted by Gasteiger charge is -2.18. The first-order chi connectivity index (χ1) is 27.6. The average molecular weight is 779 g/mol. The van der Waals surface area contributed by atoms with Gasteiger partial charge in [0.25, 0.3) is 0 Å². The molecule has 0 saturated heterocycles. The number of esters is 2. The zero-order valence-electron chi connectivity index (χ0n) is 36.6. The highest BCUT2D eigenvalue weighted by Crippen LogP contribution is 2.12. The molecule has 56 heavy (non-hydrogen) atoms. The van der Waals surface area contributed by atoms with E-state index in [0.29, 0.717) is 25.9 Å². The Morgan fingerprint density at radius 3 is 1.36 bits per heavy atom. The molecular formula is C51H86O5. The lowest BCUT2D eigenvalue weighted by atomic mass is 10.1. The minimum Gasteiger partial charge on any atom is -0.462 e. The van der Waals surface area contributed by atoms with Gasteiger partial charge in [0.15, 0.2) is 6.10 Å². The largest absolute Gasteiger partial charge is 0.462 e. The van der Waals surface area contributed by atoms with Crippen LogP contribution in [0.1, 0.15) is 201 Å². The lowest BCUT2D eigenvalue weighted by Crippen LogP contribution is -2.30. The van der Waals surface area contributed by atoms with Gasteiger partial charge < -0.3 is 14.2 Å². The highest BCUT2D eigenvalue weighted by molar-refractivity contribution is 5.70. The Morgan fingerprint density at radius 2 is 0.839 bits per heavy atom. The first-order valence-corrected chi connectivity index (χ1v) is 23.1. The SMILES string of the molecule is CC/C=C\C/C=C\C/C=C\C/C=C\C/C=C\C/C=C\CCC(=O)OCC(COCCCCCCCC)OC(=O)CCCCCCC/C=C\CCCCCCCC. The highest BCUT2D eigenvalue weighted by Gasteiger charge is 2.17. The first kappa shape index (κ1) is 53.1. The van der Waals surface area contributed by atoms with Crippen LogP contribution in [0, 0.1) is 0 Å². The Labute approximate surface area is 346 Å². The zero-order valence-corrected chi connectivity index (χ0v) is 36.6. The second-order valence-corrected chi connectivity index (χ2v) is 14.9. The molecular weight excluding hydrogens is 693 g/mol. The number of ether oxygens (including phenoxy) is 3. The summed E-state index contributed by atoms with van der Waals surface area (Å²) in [6.07, 6.45) is 60.3. The van der Waals surface area contributed by atoms with Crippen molar-refractivity contribution in [2.24, 2.45) is 0 Å². The summed E-state index contributed by atoms with van der Waals surface area (Å²) < 4.78 is 17.1. The third-order valence-corrected chi connectivity index (χ3v) is 9.43. The molecule has 0 aromatic heterocycles. The molecule has 0 aromatic rings. The van der Waals surface area contributed by atoms with Gasteiger partial charge in [-0.25, -0.2) is 0 Å². The molecule has 0 amide bonds. The summed E-state index contributed by atoms with van der Waals surface area (Å²) in [6.45, 7) is 7.57. The zero-order chi connectivity index (χ0) is 40.7. The maximum Gasteiger partial charge on any atom is 0.306 e. The van der Waals surface area contributed by atoms with Crippen molar-refractivity contribution in [3.05, 3.63) is 85.1 Å².